The third kappa shape index (κ3) is 4.58. The minimum Gasteiger partial charge on any atom is -0.411 e. The van der Waals surface area contributed by atoms with Crippen LogP contribution in [-0.2, 0) is 10.2 Å². The molecule has 0 fully saturated rings. The van der Waals surface area contributed by atoms with Gasteiger partial charge in [0, 0.05) is 17.9 Å². The van der Waals surface area contributed by atoms with Crippen molar-refractivity contribution in [2.75, 3.05) is 19.0 Å². The predicted molar refractivity (Wildman–Crippen MR) is 85.7 cm³/mol. The lowest BCUT2D eigenvalue weighted by Gasteiger charge is -2.18. The number of nitrogens with zero attached hydrogens (tertiary/aromatic N) is 2. The number of rotatable bonds is 6. The highest BCUT2D eigenvalue weighted by molar-refractivity contribution is 7.99. The smallest absolute Gasteiger partial charge is 0.276 e. The molecule has 0 bridgehead atoms. The van der Waals surface area contributed by atoms with Crippen molar-refractivity contribution in [1.29, 1.82) is 0 Å². The van der Waals surface area contributed by atoms with Crippen molar-refractivity contribution in [2.24, 2.45) is 0 Å². The van der Waals surface area contributed by atoms with E-state index in [2.05, 4.69) is 43.1 Å². The summed E-state index contributed by atoms with van der Waals surface area (Å²) in [4.78, 5) is 0. The first-order valence-electron chi connectivity index (χ1n) is 7.15. The van der Waals surface area contributed by atoms with E-state index in [0.717, 1.165) is 17.9 Å². The zero-order valence-corrected chi connectivity index (χ0v) is 13.9. The second-order valence-corrected chi connectivity index (χ2v) is 6.79. The molecule has 114 valence electrons. The zero-order valence-electron chi connectivity index (χ0n) is 13.0. The third-order valence-corrected chi connectivity index (χ3v) is 3.84. The number of thioether (sulfide) groups is 1. The van der Waals surface area contributed by atoms with Crippen molar-refractivity contribution in [2.45, 2.75) is 38.3 Å². The van der Waals surface area contributed by atoms with Crippen molar-refractivity contribution in [3.8, 4) is 11.5 Å². The van der Waals surface area contributed by atoms with Gasteiger partial charge in [-0.25, -0.2) is 0 Å². The van der Waals surface area contributed by atoms with Crippen LogP contribution in [0.25, 0.3) is 11.5 Å². The number of ether oxygens (including phenoxy) is 1. The highest BCUT2D eigenvalue weighted by atomic mass is 32.2. The SMILES string of the molecule is CCOCCSc1nnc(-c2ccc(C(C)(C)C)cc2)o1. The Hall–Kier alpha value is -1.33. The molecule has 4 nitrogen and oxygen atoms in total. The minimum atomic E-state index is 0.146. The summed E-state index contributed by atoms with van der Waals surface area (Å²) < 4.78 is 10.9. The van der Waals surface area contributed by atoms with E-state index in [9.17, 15) is 0 Å². The Morgan fingerprint density at radius 3 is 2.48 bits per heavy atom. The Kier molecular flexibility index (Phi) is 5.42. The Balaban J connectivity index is 2.00. The molecule has 1 heterocycles. The van der Waals surface area contributed by atoms with E-state index in [-0.39, 0.29) is 5.41 Å². The maximum absolute atomic E-state index is 5.66. The number of hydrogen-bond acceptors (Lipinski definition) is 5. The monoisotopic (exact) mass is 306 g/mol. The summed E-state index contributed by atoms with van der Waals surface area (Å²) in [5.74, 6) is 1.38. The quantitative estimate of drug-likeness (QED) is 0.592. The normalized spacial score (nSPS) is 11.8. The fraction of sp³-hybridized carbons (Fsp3) is 0.500. The fourth-order valence-electron chi connectivity index (χ4n) is 1.83. The summed E-state index contributed by atoms with van der Waals surface area (Å²) in [7, 11) is 0. The standard InChI is InChI=1S/C16H22N2O2S/c1-5-19-10-11-21-15-18-17-14(20-15)12-6-8-13(9-7-12)16(2,3)4/h6-9H,5,10-11H2,1-4H3. The number of benzene rings is 1. The Bertz CT molecular complexity index is 558. The molecule has 0 aliphatic heterocycles. The highest BCUT2D eigenvalue weighted by Gasteiger charge is 2.14. The van der Waals surface area contributed by atoms with Crippen LogP contribution in [0.4, 0.5) is 0 Å². The van der Waals surface area contributed by atoms with Gasteiger partial charge < -0.3 is 9.15 Å². The first-order valence-corrected chi connectivity index (χ1v) is 8.14. The van der Waals surface area contributed by atoms with Gasteiger partial charge in [0.2, 0.25) is 5.89 Å². The van der Waals surface area contributed by atoms with Crippen LogP contribution >= 0.6 is 11.8 Å². The largest absolute Gasteiger partial charge is 0.411 e. The van der Waals surface area contributed by atoms with Crippen LogP contribution in [0.5, 0.6) is 0 Å². The van der Waals surface area contributed by atoms with Crippen LogP contribution < -0.4 is 0 Å². The van der Waals surface area contributed by atoms with Crippen molar-refractivity contribution >= 4 is 11.8 Å². The van der Waals surface area contributed by atoms with E-state index in [1.54, 1.807) is 0 Å². The summed E-state index contributed by atoms with van der Waals surface area (Å²) in [5.41, 5.74) is 2.39. The number of aromatic nitrogens is 2. The second kappa shape index (κ2) is 7.09. The van der Waals surface area contributed by atoms with Crippen LogP contribution in [0.2, 0.25) is 0 Å². The Morgan fingerprint density at radius 2 is 1.86 bits per heavy atom. The van der Waals surface area contributed by atoms with Crippen LogP contribution in [0.15, 0.2) is 33.9 Å². The molecular formula is C16H22N2O2S. The van der Waals surface area contributed by atoms with Gasteiger partial charge in [-0.05, 0) is 30.0 Å². The molecule has 0 aliphatic rings. The Labute approximate surface area is 130 Å². The predicted octanol–water partition coefficient (Wildman–Crippen LogP) is 4.16. The van der Waals surface area contributed by atoms with Gasteiger partial charge >= 0.3 is 0 Å². The van der Waals surface area contributed by atoms with Crippen LogP contribution in [0, 0.1) is 0 Å². The van der Waals surface area contributed by atoms with Crippen LogP contribution in [-0.4, -0.2) is 29.2 Å². The first-order chi connectivity index (χ1) is 10.0. The molecular weight excluding hydrogens is 284 g/mol. The third-order valence-electron chi connectivity index (χ3n) is 3.06. The highest BCUT2D eigenvalue weighted by Crippen LogP contribution is 2.27. The second-order valence-electron chi connectivity index (χ2n) is 5.75. The molecule has 0 unspecified atom stereocenters. The van der Waals surface area contributed by atoms with Crippen molar-refractivity contribution in [3.05, 3.63) is 29.8 Å². The van der Waals surface area contributed by atoms with Gasteiger partial charge in [-0.15, -0.1) is 10.2 Å². The minimum absolute atomic E-state index is 0.146. The summed E-state index contributed by atoms with van der Waals surface area (Å²) >= 11 is 1.52. The molecule has 0 aliphatic carbocycles. The summed E-state index contributed by atoms with van der Waals surface area (Å²) in [5, 5.41) is 8.74. The summed E-state index contributed by atoms with van der Waals surface area (Å²) in [6.07, 6.45) is 0. The molecule has 0 saturated heterocycles. The molecule has 2 rings (SSSR count). The van der Waals surface area contributed by atoms with Gasteiger partial charge in [0.1, 0.15) is 0 Å². The van der Waals surface area contributed by atoms with Gasteiger partial charge in [0.25, 0.3) is 5.22 Å². The van der Waals surface area contributed by atoms with Crippen molar-refractivity contribution in [1.82, 2.24) is 10.2 Å². The van der Waals surface area contributed by atoms with Gasteiger partial charge in [-0.1, -0.05) is 44.7 Å². The van der Waals surface area contributed by atoms with Gasteiger partial charge in [0.15, 0.2) is 0 Å². The molecule has 5 heteroatoms. The van der Waals surface area contributed by atoms with Crippen molar-refractivity contribution < 1.29 is 9.15 Å². The van der Waals surface area contributed by atoms with Crippen LogP contribution in [0.3, 0.4) is 0 Å². The van der Waals surface area contributed by atoms with Crippen LogP contribution in [0.1, 0.15) is 33.3 Å². The maximum atomic E-state index is 5.66. The van der Waals surface area contributed by atoms with E-state index >= 15 is 0 Å². The molecule has 0 amide bonds. The zero-order chi connectivity index (χ0) is 15.3. The molecule has 0 radical (unpaired) electrons. The lowest BCUT2D eigenvalue weighted by atomic mass is 9.87. The maximum Gasteiger partial charge on any atom is 0.276 e. The fourth-order valence-corrected chi connectivity index (χ4v) is 2.44. The molecule has 0 saturated carbocycles. The lowest BCUT2D eigenvalue weighted by molar-refractivity contribution is 0.164. The molecule has 0 spiro atoms. The molecule has 2 aromatic rings. The van der Waals surface area contributed by atoms with Crippen molar-refractivity contribution in [3.63, 3.8) is 0 Å². The average molecular weight is 306 g/mol. The number of hydrogen-bond donors (Lipinski definition) is 0. The molecule has 21 heavy (non-hydrogen) atoms. The average Bonchev–Trinajstić information content (AvgIpc) is 2.92. The van der Waals surface area contributed by atoms with E-state index in [4.69, 9.17) is 9.15 Å². The molecule has 0 atom stereocenters. The lowest BCUT2D eigenvalue weighted by Crippen LogP contribution is -2.10. The molecule has 1 aromatic heterocycles. The van der Waals surface area contributed by atoms with E-state index in [1.807, 2.05) is 19.1 Å². The van der Waals surface area contributed by atoms with E-state index in [0.29, 0.717) is 17.7 Å². The van der Waals surface area contributed by atoms with E-state index in [1.165, 1.54) is 17.3 Å². The van der Waals surface area contributed by atoms with Gasteiger partial charge in [-0.3, -0.25) is 0 Å². The topological polar surface area (TPSA) is 48.2 Å². The Morgan fingerprint density at radius 1 is 1.14 bits per heavy atom. The van der Waals surface area contributed by atoms with Gasteiger partial charge in [0.05, 0.1) is 6.61 Å². The van der Waals surface area contributed by atoms with Gasteiger partial charge in [-0.2, -0.15) is 0 Å². The van der Waals surface area contributed by atoms with E-state index < -0.39 is 0 Å². The first kappa shape index (κ1) is 16.0. The summed E-state index contributed by atoms with van der Waals surface area (Å²) in [6, 6.07) is 8.29. The summed E-state index contributed by atoms with van der Waals surface area (Å²) in [6.45, 7) is 10.00. The molecule has 1 aromatic carbocycles. The molecule has 0 N–H and O–H groups in total.